The van der Waals surface area contributed by atoms with Crippen molar-refractivity contribution >= 4 is 5.82 Å². The lowest BCUT2D eigenvalue weighted by atomic mass is 10.2. The maximum Gasteiger partial charge on any atom is 0.142 e. The first kappa shape index (κ1) is 15.5. The Morgan fingerprint density at radius 3 is 2.70 bits per heavy atom. The van der Waals surface area contributed by atoms with Crippen LogP contribution >= 0.6 is 0 Å². The van der Waals surface area contributed by atoms with Crippen LogP contribution in [0.25, 0.3) is 0 Å². The second-order valence-electron chi connectivity index (χ2n) is 5.81. The molecule has 0 bridgehead atoms. The number of hydrogen-bond donors (Lipinski definition) is 1. The molecule has 0 saturated carbocycles. The molecule has 23 heavy (non-hydrogen) atoms. The van der Waals surface area contributed by atoms with Gasteiger partial charge in [-0.25, -0.2) is 4.98 Å². The smallest absolute Gasteiger partial charge is 0.142 e. The molecule has 1 aliphatic rings. The summed E-state index contributed by atoms with van der Waals surface area (Å²) in [6.45, 7) is 3.64. The molecule has 5 heteroatoms. The average molecular weight is 308 g/mol. The van der Waals surface area contributed by atoms with E-state index in [4.69, 9.17) is 5.26 Å². The van der Waals surface area contributed by atoms with E-state index in [-0.39, 0.29) is 0 Å². The molecule has 0 amide bonds. The predicted octanol–water partition coefficient (Wildman–Crippen LogP) is 1.64. The van der Waals surface area contributed by atoms with Gasteiger partial charge in [0.15, 0.2) is 0 Å². The molecule has 0 spiro atoms. The number of aromatic nitrogens is 1. The second-order valence-corrected chi connectivity index (χ2v) is 5.81. The summed E-state index contributed by atoms with van der Waals surface area (Å²) in [5.41, 5.74) is 1.65. The Morgan fingerprint density at radius 1 is 1.09 bits per heavy atom. The molecule has 1 unspecified atom stereocenters. The Kier molecular flexibility index (Phi) is 4.86. The van der Waals surface area contributed by atoms with Crippen LogP contribution in [0.4, 0.5) is 5.82 Å². The molecule has 0 radical (unpaired) electrons. The molecule has 5 nitrogen and oxygen atoms in total. The van der Waals surface area contributed by atoms with Gasteiger partial charge in [-0.15, -0.1) is 0 Å². The first-order valence-corrected chi connectivity index (χ1v) is 7.81. The Balaban J connectivity index is 1.69. The number of aliphatic hydroxyl groups is 1. The third kappa shape index (κ3) is 4.07. The number of nitriles is 1. The van der Waals surface area contributed by atoms with Crippen LogP contribution in [0.1, 0.15) is 11.3 Å². The Bertz CT molecular complexity index is 683. The van der Waals surface area contributed by atoms with E-state index in [1.165, 1.54) is 5.56 Å². The topological polar surface area (TPSA) is 63.4 Å². The molecule has 3 rings (SSSR count). The first-order valence-electron chi connectivity index (χ1n) is 7.81. The number of pyridine rings is 1. The van der Waals surface area contributed by atoms with E-state index >= 15 is 0 Å². The van der Waals surface area contributed by atoms with Gasteiger partial charge in [0.2, 0.25) is 0 Å². The van der Waals surface area contributed by atoms with Crippen molar-refractivity contribution in [3.8, 4) is 6.07 Å². The standard InChI is InChI=1S/C18H20N4O/c19-11-16-7-4-8-18(20-16)22-10-9-21(13-17(23)14-22)12-15-5-2-1-3-6-15/h1-8,17,23H,9-10,12-14H2. The molecule has 2 aromatic rings. The quantitative estimate of drug-likeness (QED) is 0.934. The Morgan fingerprint density at radius 2 is 1.91 bits per heavy atom. The lowest BCUT2D eigenvalue weighted by molar-refractivity contribution is 0.129. The predicted molar refractivity (Wildman–Crippen MR) is 88.9 cm³/mol. The van der Waals surface area contributed by atoms with Crippen molar-refractivity contribution < 1.29 is 5.11 Å². The van der Waals surface area contributed by atoms with Gasteiger partial charge in [0.1, 0.15) is 17.6 Å². The number of aliphatic hydroxyl groups excluding tert-OH is 1. The van der Waals surface area contributed by atoms with Gasteiger partial charge >= 0.3 is 0 Å². The van der Waals surface area contributed by atoms with Crippen LogP contribution in [0.2, 0.25) is 0 Å². The maximum absolute atomic E-state index is 10.3. The van der Waals surface area contributed by atoms with E-state index in [1.54, 1.807) is 6.07 Å². The van der Waals surface area contributed by atoms with Crippen molar-refractivity contribution in [2.75, 3.05) is 31.1 Å². The summed E-state index contributed by atoms with van der Waals surface area (Å²) in [4.78, 5) is 8.65. The van der Waals surface area contributed by atoms with Gasteiger partial charge in [0.05, 0.1) is 6.10 Å². The van der Waals surface area contributed by atoms with Crippen LogP contribution in [-0.2, 0) is 6.54 Å². The lowest BCUT2D eigenvalue weighted by Crippen LogP contribution is -2.33. The van der Waals surface area contributed by atoms with Crippen molar-refractivity contribution in [2.45, 2.75) is 12.6 Å². The van der Waals surface area contributed by atoms with E-state index in [0.717, 1.165) is 25.5 Å². The fourth-order valence-corrected chi connectivity index (χ4v) is 2.91. The molecule has 1 aromatic carbocycles. The number of β-amino-alcohol motifs (C(OH)–C–C–N with tert-alkyl or cyclic N) is 1. The zero-order chi connectivity index (χ0) is 16.1. The van der Waals surface area contributed by atoms with Crippen LogP contribution in [0.5, 0.6) is 0 Å². The van der Waals surface area contributed by atoms with Gasteiger partial charge < -0.3 is 10.0 Å². The van der Waals surface area contributed by atoms with E-state index in [0.29, 0.717) is 18.8 Å². The Hall–Kier alpha value is -2.42. The summed E-state index contributed by atoms with van der Waals surface area (Å²) in [6.07, 6.45) is -0.436. The fourth-order valence-electron chi connectivity index (χ4n) is 2.91. The Labute approximate surface area is 136 Å². The minimum absolute atomic E-state index is 0.405. The monoisotopic (exact) mass is 308 g/mol. The van der Waals surface area contributed by atoms with E-state index in [9.17, 15) is 5.11 Å². The number of benzene rings is 1. The van der Waals surface area contributed by atoms with Crippen molar-refractivity contribution in [3.05, 3.63) is 59.8 Å². The highest BCUT2D eigenvalue weighted by molar-refractivity contribution is 5.42. The van der Waals surface area contributed by atoms with Crippen LogP contribution in [0.3, 0.4) is 0 Å². The van der Waals surface area contributed by atoms with Crippen molar-refractivity contribution in [3.63, 3.8) is 0 Å². The zero-order valence-electron chi connectivity index (χ0n) is 13.0. The number of anilines is 1. The summed E-state index contributed by atoms with van der Waals surface area (Å²) in [5.74, 6) is 0.754. The second kappa shape index (κ2) is 7.23. The molecule has 1 aromatic heterocycles. The van der Waals surface area contributed by atoms with Gasteiger partial charge in [-0.1, -0.05) is 36.4 Å². The highest BCUT2D eigenvalue weighted by Crippen LogP contribution is 2.16. The molecule has 1 atom stereocenters. The molecular weight excluding hydrogens is 288 g/mol. The summed E-state index contributed by atoms with van der Waals surface area (Å²) in [6, 6.07) is 17.8. The van der Waals surface area contributed by atoms with Crippen LogP contribution < -0.4 is 4.90 Å². The third-order valence-corrected chi connectivity index (χ3v) is 4.01. The molecule has 1 fully saturated rings. The van der Waals surface area contributed by atoms with Gasteiger partial charge in [-0.05, 0) is 17.7 Å². The van der Waals surface area contributed by atoms with Crippen LogP contribution in [-0.4, -0.2) is 47.3 Å². The van der Waals surface area contributed by atoms with Crippen molar-refractivity contribution in [1.82, 2.24) is 9.88 Å². The number of hydrogen-bond acceptors (Lipinski definition) is 5. The summed E-state index contributed by atoms with van der Waals surface area (Å²) in [5, 5.41) is 19.3. The first-order chi connectivity index (χ1) is 11.2. The largest absolute Gasteiger partial charge is 0.390 e. The van der Waals surface area contributed by atoms with Gasteiger partial charge in [-0.3, -0.25) is 4.90 Å². The van der Waals surface area contributed by atoms with E-state index < -0.39 is 6.10 Å². The van der Waals surface area contributed by atoms with E-state index in [1.807, 2.05) is 30.3 Å². The normalized spacial score (nSPS) is 19.1. The third-order valence-electron chi connectivity index (χ3n) is 4.01. The maximum atomic E-state index is 10.3. The summed E-state index contributed by atoms with van der Waals surface area (Å²) < 4.78 is 0. The van der Waals surface area contributed by atoms with Gasteiger partial charge in [0.25, 0.3) is 0 Å². The summed E-state index contributed by atoms with van der Waals surface area (Å²) >= 11 is 0. The molecule has 1 saturated heterocycles. The van der Waals surface area contributed by atoms with E-state index in [2.05, 4.69) is 33.0 Å². The summed E-state index contributed by atoms with van der Waals surface area (Å²) in [7, 11) is 0. The molecule has 118 valence electrons. The molecule has 1 aliphatic heterocycles. The molecule has 1 N–H and O–H groups in total. The average Bonchev–Trinajstić information content (AvgIpc) is 2.77. The zero-order valence-corrected chi connectivity index (χ0v) is 13.0. The van der Waals surface area contributed by atoms with Crippen LogP contribution in [0, 0.1) is 11.3 Å². The number of nitrogens with zero attached hydrogens (tertiary/aromatic N) is 4. The van der Waals surface area contributed by atoms with Crippen molar-refractivity contribution in [1.29, 1.82) is 5.26 Å². The van der Waals surface area contributed by atoms with Crippen molar-refractivity contribution in [2.24, 2.45) is 0 Å². The number of rotatable bonds is 3. The van der Waals surface area contributed by atoms with Crippen LogP contribution in [0.15, 0.2) is 48.5 Å². The highest BCUT2D eigenvalue weighted by atomic mass is 16.3. The lowest BCUT2D eigenvalue weighted by Gasteiger charge is -2.22. The highest BCUT2D eigenvalue weighted by Gasteiger charge is 2.22. The fraction of sp³-hybridized carbons (Fsp3) is 0.333. The molecule has 2 heterocycles. The van der Waals surface area contributed by atoms with Gasteiger partial charge in [0, 0.05) is 32.7 Å². The SMILES string of the molecule is N#Cc1cccc(N2CCN(Cc3ccccc3)CC(O)C2)n1. The minimum atomic E-state index is -0.436. The minimum Gasteiger partial charge on any atom is -0.390 e. The van der Waals surface area contributed by atoms with Gasteiger partial charge in [-0.2, -0.15) is 5.26 Å². The molecule has 0 aliphatic carbocycles. The molecular formula is C18H20N4O.